The van der Waals surface area contributed by atoms with Crippen LogP contribution in [0.25, 0.3) is 33.2 Å². The molecular weight excluding hydrogens is 358 g/mol. The van der Waals surface area contributed by atoms with Crippen molar-refractivity contribution in [1.82, 2.24) is 4.98 Å². The summed E-state index contributed by atoms with van der Waals surface area (Å²) in [7, 11) is 0. The highest BCUT2D eigenvalue weighted by molar-refractivity contribution is 5.98. The molecule has 3 aromatic carbocycles. The van der Waals surface area contributed by atoms with Crippen LogP contribution in [0.1, 0.15) is 16.7 Å². The van der Waals surface area contributed by atoms with Gasteiger partial charge in [0.15, 0.2) is 0 Å². The number of nitrogens with two attached hydrogens (primary N) is 1. The van der Waals surface area contributed by atoms with Crippen LogP contribution in [-0.2, 0) is 6.42 Å². The maximum Gasteiger partial charge on any atom is 0.142 e. The number of anilines is 1. The third kappa shape index (κ3) is 2.71. The summed E-state index contributed by atoms with van der Waals surface area (Å²) in [4.78, 5) is 4.63. The van der Waals surface area contributed by atoms with Gasteiger partial charge in [-0.25, -0.2) is 4.98 Å². The number of benzene rings is 3. The lowest BCUT2D eigenvalue weighted by Crippen LogP contribution is -2.06. The van der Waals surface area contributed by atoms with Crippen LogP contribution in [0, 0.1) is 18.3 Å². The molecule has 4 nitrogen and oxygen atoms in total. The number of rotatable bonds is 1. The molecule has 1 aliphatic rings. The SMILES string of the molecule is Cc1ccc(-c2nc(N)c(C#N)c3c2CCOc2c-3ccc3ccccc23)cc1. The van der Waals surface area contributed by atoms with Crippen molar-refractivity contribution in [2.75, 3.05) is 12.3 Å². The zero-order valence-corrected chi connectivity index (χ0v) is 16.1. The molecule has 0 bridgehead atoms. The van der Waals surface area contributed by atoms with Crippen molar-refractivity contribution in [3.8, 4) is 34.2 Å². The number of fused-ring (bicyclic) bond motifs is 5. The van der Waals surface area contributed by atoms with E-state index in [0.717, 1.165) is 44.5 Å². The van der Waals surface area contributed by atoms with Crippen LogP contribution in [0.2, 0.25) is 0 Å². The van der Waals surface area contributed by atoms with Gasteiger partial charge in [0.2, 0.25) is 0 Å². The molecule has 4 heteroatoms. The smallest absolute Gasteiger partial charge is 0.142 e. The minimum absolute atomic E-state index is 0.253. The minimum atomic E-state index is 0.253. The Labute approximate surface area is 169 Å². The van der Waals surface area contributed by atoms with Gasteiger partial charge in [0, 0.05) is 28.5 Å². The molecule has 2 N–H and O–H groups in total. The van der Waals surface area contributed by atoms with E-state index in [1.807, 2.05) is 18.2 Å². The van der Waals surface area contributed by atoms with Crippen LogP contribution in [0.15, 0.2) is 60.7 Å². The normalized spacial score (nSPS) is 12.4. The first-order chi connectivity index (χ1) is 14.2. The van der Waals surface area contributed by atoms with Gasteiger partial charge in [-0.15, -0.1) is 0 Å². The molecule has 1 aliphatic heterocycles. The summed E-state index contributed by atoms with van der Waals surface area (Å²) in [5.41, 5.74) is 12.4. The Kier molecular flexibility index (Phi) is 3.96. The third-order valence-corrected chi connectivity index (χ3v) is 5.51. The Morgan fingerprint density at radius 2 is 1.83 bits per heavy atom. The highest BCUT2D eigenvalue weighted by atomic mass is 16.5. The predicted molar refractivity (Wildman–Crippen MR) is 116 cm³/mol. The summed E-state index contributed by atoms with van der Waals surface area (Å²) in [5, 5.41) is 12.0. The molecule has 0 saturated heterocycles. The molecule has 0 spiro atoms. The Morgan fingerprint density at radius 1 is 1.03 bits per heavy atom. The van der Waals surface area contributed by atoms with Crippen LogP contribution in [0.5, 0.6) is 5.75 Å². The lowest BCUT2D eigenvalue weighted by atomic mass is 9.89. The van der Waals surface area contributed by atoms with Crippen molar-refractivity contribution < 1.29 is 4.74 Å². The van der Waals surface area contributed by atoms with Gasteiger partial charge in [-0.2, -0.15) is 5.26 Å². The third-order valence-electron chi connectivity index (χ3n) is 5.51. The molecular formula is C25H19N3O. The quantitative estimate of drug-likeness (QED) is 0.491. The zero-order chi connectivity index (χ0) is 20.0. The number of ether oxygens (including phenoxy) is 1. The standard InChI is InChI=1S/C25H19N3O/c1-15-6-8-17(9-7-15)23-19-12-13-29-24-18-5-3-2-4-16(18)10-11-20(24)22(19)21(14-26)25(27)28-23/h2-11H,12-13H2,1H3,(H2,27,28). The van der Waals surface area contributed by atoms with E-state index in [-0.39, 0.29) is 5.82 Å². The fourth-order valence-electron chi connectivity index (χ4n) is 4.10. The van der Waals surface area contributed by atoms with Gasteiger partial charge in [-0.05, 0) is 23.9 Å². The van der Waals surface area contributed by atoms with Crippen molar-refractivity contribution in [1.29, 1.82) is 5.26 Å². The van der Waals surface area contributed by atoms with Gasteiger partial charge in [0.1, 0.15) is 23.2 Å². The van der Waals surface area contributed by atoms with Gasteiger partial charge in [-0.1, -0.05) is 60.2 Å². The van der Waals surface area contributed by atoms with Crippen molar-refractivity contribution in [2.45, 2.75) is 13.3 Å². The Hall–Kier alpha value is -3.84. The van der Waals surface area contributed by atoms with Gasteiger partial charge < -0.3 is 10.5 Å². The van der Waals surface area contributed by atoms with Crippen molar-refractivity contribution in [2.24, 2.45) is 0 Å². The summed E-state index contributed by atoms with van der Waals surface area (Å²) in [5.74, 6) is 1.06. The minimum Gasteiger partial charge on any atom is -0.492 e. The summed E-state index contributed by atoms with van der Waals surface area (Å²) < 4.78 is 6.22. The average molecular weight is 377 g/mol. The number of nitriles is 1. The monoisotopic (exact) mass is 377 g/mol. The molecule has 0 atom stereocenters. The topological polar surface area (TPSA) is 71.9 Å². The van der Waals surface area contributed by atoms with E-state index in [1.54, 1.807) is 0 Å². The van der Waals surface area contributed by atoms with E-state index in [4.69, 9.17) is 10.5 Å². The molecule has 140 valence electrons. The van der Waals surface area contributed by atoms with Crippen LogP contribution in [-0.4, -0.2) is 11.6 Å². The van der Waals surface area contributed by atoms with E-state index in [0.29, 0.717) is 18.6 Å². The number of nitrogens with zero attached hydrogens (tertiary/aromatic N) is 2. The number of nitrogen functional groups attached to an aromatic ring is 1. The van der Waals surface area contributed by atoms with E-state index in [2.05, 4.69) is 60.4 Å². The van der Waals surface area contributed by atoms with E-state index in [1.165, 1.54) is 5.56 Å². The van der Waals surface area contributed by atoms with Gasteiger partial charge in [0.05, 0.1) is 12.3 Å². The highest BCUT2D eigenvalue weighted by Crippen LogP contribution is 2.45. The van der Waals surface area contributed by atoms with Crippen molar-refractivity contribution in [3.05, 3.63) is 77.4 Å². The molecule has 4 aromatic rings. The zero-order valence-electron chi connectivity index (χ0n) is 16.1. The second-order valence-corrected chi connectivity index (χ2v) is 7.31. The van der Waals surface area contributed by atoms with Crippen LogP contribution in [0.4, 0.5) is 5.82 Å². The fraction of sp³-hybridized carbons (Fsp3) is 0.120. The summed E-state index contributed by atoms with van der Waals surface area (Å²) >= 11 is 0. The van der Waals surface area contributed by atoms with Crippen LogP contribution < -0.4 is 10.5 Å². The highest BCUT2D eigenvalue weighted by Gasteiger charge is 2.26. The first kappa shape index (κ1) is 17.3. The summed E-state index contributed by atoms with van der Waals surface area (Å²) in [6, 6.07) is 22.7. The first-order valence-corrected chi connectivity index (χ1v) is 9.62. The first-order valence-electron chi connectivity index (χ1n) is 9.62. The second-order valence-electron chi connectivity index (χ2n) is 7.31. The number of aromatic nitrogens is 1. The average Bonchev–Trinajstić information content (AvgIpc) is 2.94. The molecule has 5 rings (SSSR count). The summed E-state index contributed by atoms with van der Waals surface area (Å²) in [6.07, 6.45) is 0.656. The van der Waals surface area contributed by atoms with Crippen LogP contribution in [0.3, 0.4) is 0 Å². The molecule has 2 heterocycles. The number of hydrogen-bond acceptors (Lipinski definition) is 4. The van der Waals surface area contributed by atoms with Crippen molar-refractivity contribution in [3.63, 3.8) is 0 Å². The lowest BCUT2D eigenvalue weighted by Gasteiger charge is -2.16. The molecule has 0 fully saturated rings. The molecule has 29 heavy (non-hydrogen) atoms. The largest absolute Gasteiger partial charge is 0.492 e. The maximum absolute atomic E-state index is 9.89. The number of aryl methyl sites for hydroxylation is 1. The molecule has 0 unspecified atom stereocenters. The van der Waals surface area contributed by atoms with E-state index < -0.39 is 0 Å². The fourth-order valence-corrected chi connectivity index (χ4v) is 4.10. The number of hydrogen-bond donors (Lipinski definition) is 1. The van der Waals surface area contributed by atoms with Gasteiger partial charge in [-0.3, -0.25) is 0 Å². The van der Waals surface area contributed by atoms with Crippen molar-refractivity contribution >= 4 is 16.6 Å². The molecule has 0 radical (unpaired) electrons. The van der Waals surface area contributed by atoms with Gasteiger partial charge in [0.25, 0.3) is 0 Å². The van der Waals surface area contributed by atoms with Crippen LogP contribution >= 0.6 is 0 Å². The molecule has 0 saturated carbocycles. The maximum atomic E-state index is 9.89. The lowest BCUT2D eigenvalue weighted by molar-refractivity contribution is 0.330. The van der Waals surface area contributed by atoms with Gasteiger partial charge >= 0.3 is 0 Å². The Bertz CT molecular complexity index is 1300. The van der Waals surface area contributed by atoms with E-state index >= 15 is 0 Å². The Morgan fingerprint density at radius 3 is 2.62 bits per heavy atom. The summed E-state index contributed by atoms with van der Waals surface area (Å²) in [6.45, 7) is 2.57. The molecule has 0 amide bonds. The predicted octanol–water partition coefficient (Wildman–Crippen LogP) is 5.27. The molecule has 0 aliphatic carbocycles. The number of pyridine rings is 1. The molecule has 1 aromatic heterocycles. The second kappa shape index (κ2) is 6.65. The van der Waals surface area contributed by atoms with E-state index in [9.17, 15) is 5.26 Å². The Balaban J connectivity index is 1.87.